The molecule has 0 unspecified atom stereocenters. The molecule has 3 heteroatoms. The lowest BCUT2D eigenvalue weighted by Gasteiger charge is -2.18. The van der Waals surface area contributed by atoms with Gasteiger partial charge in [-0.15, -0.1) is 0 Å². The molecule has 0 bridgehead atoms. The summed E-state index contributed by atoms with van der Waals surface area (Å²) in [6.07, 6.45) is 0.932. The largest absolute Gasteiger partial charge is 0.493 e. The van der Waals surface area contributed by atoms with E-state index in [2.05, 4.69) is 20.8 Å². The van der Waals surface area contributed by atoms with Gasteiger partial charge in [-0.2, -0.15) is 0 Å². The number of rotatable bonds is 4. The van der Waals surface area contributed by atoms with E-state index < -0.39 is 0 Å². The van der Waals surface area contributed by atoms with E-state index in [1.165, 1.54) is 12.1 Å². The standard InChI is InChI=1S/C13H20FNO/c1-13(2,3)4-5-16-12-7-10(9-15)6-11(14)8-12/h6-8H,4-5,9,15H2,1-3H3. The molecule has 0 aliphatic rings. The van der Waals surface area contributed by atoms with Crippen LogP contribution in [0.2, 0.25) is 0 Å². The summed E-state index contributed by atoms with van der Waals surface area (Å²) in [5.41, 5.74) is 6.44. The summed E-state index contributed by atoms with van der Waals surface area (Å²) in [6, 6.07) is 4.60. The summed E-state index contributed by atoms with van der Waals surface area (Å²) in [5.74, 6) is 0.262. The molecule has 16 heavy (non-hydrogen) atoms. The van der Waals surface area contributed by atoms with Gasteiger partial charge in [0.05, 0.1) is 6.61 Å². The molecular weight excluding hydrogens is 205 g/mol. The summed E-state index contributed by atoms with van der Waals surface area (Å²) in [6.45, 7) is 7.36. The maximum atomic E-state index is 13.1. The second-order valence-corrected chi connectivity index (χ2v) is 5.16. The summed E-state index contributed by atoms with van der Waals surface area (Å²) in [7, 11) is 0. The van der Waals surface area contributed by atoms with E-state index in [1.54, 1.807) is 6.07 Å². The first-order valence-corrected chi connectivity index (χ1v) is 5.53. The van der Waals surface area contributed by atoms with Crippen LogP contribution in [0.5, 0.6) is 5.75 Å². The van der Waals surface area contributed by atoms with Crippen molar-refractivity contribution in [2.24, 2.45) is 11.1 Å². The smallest absolute Gasteiger partial charge is 0.127 e. The number of benzene rings is 1. The molecule has 0 saturated heterocycles. The van der Waals surface area contributed by atoms with E-state index in [0.717, 1.165) is 12.0 Å². The minimum Gasteiger partial charge on any atom is -0.493 e. The molecule has 90 valence electrons. The normalized spacial score (nSPS) is 11.6. The first-order valence-electron chi connectivity index (χ1n) is 5.53. The molecule has 0 amide bonds. The first-order chi connectivity index (χ1) is 7.40. The zero-order chi connectivity index (χ0) is 12.2. The van der Waals surface area contributed by atoms with Crippen molar-refractivity contribution in [1.82, 2.24) is 0 Å². The zero-order valence-corrected chi connectivity index (χ0v) is 10.2. The summed E-state index contributed by atoms with van der Waals surface area (Å²) in [5, 5.41) is 0. The summed E-state index contributed by atoms with van der Waals surface area (Å²) >= 11 is 0. The highest BCUT2D eigenvalue weighted by Gasteiger charge is 2.10. The Bertz CT molecular complexity index is 344. The van der Waals surface area contributed by atoms with E-state index in [9.17, 15) is 4.39 Å². The topological polar surface area (TPSA) is 35.2 Å². The molecule has 0 spiro atoms. The van der Waals surface area contributed by atoms with Gasteiger partial charge in [-0.1, -0.05) is 20.8 Å². The van der Waals surface area contributed by atoms with Crippen LogP contribution in [0.3, 0.4) is 0 Å². The van der Waals surface area contributed by atoms with Gasteiger partial charge in [0.15, 0.2) is 0 Å². The molecule has 1 aromatic rings. The van der Waals surface area contributed by atoms with E-state index in [1.807, 2.05) is 0 Å². The van der Waals surface area contributed by atoms with E-state index >= 15 is 0 Å². The van der Waals surface area contributed by atoms with E-state index in [0.29, 0.717) is 18.9 Å². The fourth-order valence-electron chi connectivity index (χ4n) is 1.30. The molecule has 1 rings (SSSR count). The monoisotopic (exact) mass is 225 g/mol. The Morgan fingerprint density at radius 1 is 1.25 bits per heavy atom. The lowest BCUT2D eigenvalue weighted by Crippen LogP contribution is -2.11. The minimum absolute atomic E-state index is 0.226. The fourth-order valence-corrected chi connectivity index (χ4v) is 1.30. The SMILES string of the molecule is CC(C)(C)CCOc1cc(F)cc(CN)c1. The van der Waals surface area contributed by atoms with Gasteiger partial charge in [-0.3, -0.25) is 0 Å². The molecule has 1 aromatic carbocycles. The molecule has 0 radical (unpaired) electrons. The Morgan fingerprint density at radius 3 is 2.50 bits per heavy atom. The third-order valence-electron chi connectivity index (χ3n) is 2.29. The number of ether oxygens (including phenoxy) is 1. The molecular formula is C13H20FNO. The van der Waals surface area contributed by atoms with Crippen LogP contribution in [0.15, 0.2) is 18.2 Å². The van der Waals surface area contributed by atoms with Gasteiger partial charge in [0.25, 0.3) is 0 Å². The number of halogens is 1. The average molecular weight is 225 g/mol. The third-order valence-corrected chi connectivity index (χ3v) is 2.29. The Balaban J connectivity index is 2.57. The second kappa shape index (κ2) is 5.30. The van der Waals surface area contributed by atoms with Gasteiger partial charge in [0.1, 0.15) is 11.6 Å². The zero-order valence-electron chi connectivity index (χ0n) is 10.2. The molecule has 2 nitrogen and oxygen atoms in total. The van der Waals surface area contributed by atoms with Crippen LogP contribution in [-0.4, -0.2) is 6.61 Å². The van der Waals surface area contributed by atoms with Gasteiger partial charge >= 0.3 is 0 Å². The Hall–Kier alpha value is -1.09. The van der Waals surface area contributed by atoms with Gasteiger partial charge in [0, 0.05) is 12.6 Å². The van der Waals surface area contributed by atoms with Crippen LogP contribution >= 0.6 is 0 Å². The van der Waals surface area contributed by atoms with Crippen LogP contribution in [0.25, 0.3) is 0 Å². The van der Waals surface area contributed by atoms with Gasteiger partial charge in [-0.05, 0) is 29.5 Å². The van der Waals surface area contributed by atoms with Crippen molar-refractivity contribution in [1.29, 1.82) is 0 Å². The van der Waals surface area contributed by atoms with Gasteiger partial charge in [0.2, 0.25) is 0 Å². The molecule has 0 fully saturated rings. The molecule has 0 heterocycles. The van der Waals surface area contributed by atoms with Gasteiger partial charge in [-0.25, -0.2) is 4.39 Å². The maximum absolute atomic E-state index is 13.1. The van der Waals surface area contributed by atoms with Crippen LogP contribution in [0, 0.1) is 11.2 Å². The fraction of sp³-hybridized carbons (Fsp3) is 0.538. The Labute approximate surface area is 96.6 Å². The van der Waals surface area contributed by atoms with Crippen LogP contribution in [0.1, 0.15) is 32.8 Å². The molecule has 0 aromatic heterocycles. The summed E-state index contributed by atoms with van der Waals surface area (Å²) in [4.78, 5) is 0. The van der Waals surface area contributed by atoms with Crippen molar-refractivity contribution < 1.29 is 9.13 Å². The quantitative estimate of drug-likeness (QED) is 0.854. The number of hydrogen-bond donors (Lipinski definition) is 1. The van der Waals surface area contributed by atoms with Crippen LogP contribution in [-0.2, 0) is 6.54 Å². The molecule has 0 aliphatic carbocycles. The number of nitrogens with two attached hydrogens (primary N) is 1. The average Bonchev–Trinajstić information content (AvgIpc) is 2.14. The van der Waals surface area contributed by atoms with E-state index in [-0.39, 0.29) is 11.2 Å². The Kier molecular flexibility index (Phi) is 4.30. The lowest BCUT2D eigenvalue weighted by atomic mass is 9.93. The van der Waals surface area contributed by atoms with Gasteiger partial charge < -0.3 is 10.5 Å². The lowest BCUT2D eigenvalue weighted by molar-refractivity contribution is 0.242. The maximum Gasteiger partial charge on any atom is 0.127 e. The van der Waals surface area contributed by atoms with Crippen molar-refractivity contribution in [3.63, 3.8) is 0 Å². The second-order valence-electron chi connectivity index (χ2n) is 5.16. The van der Waals surface area contributed by atoms with Crippen molar-refractivity contribution in [2.75, 3.05) is 6.61 Å². The molecule has 0 aliphatic heterocycles. The summed E-state index contributed by atoms with van der Waals surface area (Å²) < 4.78 is 18.7. The highest BCUT2D eigenvalue weighted by molar-refractivity contribution is 5.29. The van der Waals surface area contributed by atoms with Crippen LogP contribution < -0.4 is 10.5 Å². The van der Waals surface area contributed by atoms with Crippen LogP contribution in [0.4, 0.5) is 4.39 Å². The predicted octanol–water partition coefficient (Wildman–Crippen LogP) is 3.10. The van der Waals surface area contributed by atoms with Crippen molar-refractivity contribution in [3.8, 4) is 5.75 Å². The highest BCUT2D eigenvalue weighted by atomic mass is 19.1. The predicted molar refractivity (Wildman–Crippen MR) is 63.9 cm³/mol. The highest BCUT2D eigenvalue weighted by Crippen LogP contribution is 2.21. The Morgan fingerprint density at radius 2 is 1.94 bits per heavy atom. The first kappa shape index (κ1) is 13.0. The van der Waals surface area contributed by atoms with Crippen molar-refractivity contribution in [3.05, 3.63) is 29.6 Å². The van der Waals surface area contributed by atoms with Crippen molar-refractivity contribution in [2.45, 2.75) is 33.7 Å². The molecule has 0 saturated carbocycles. The molecule has 0 atom stereocenters. The third kappa shape index (κ3) is 4.62. The van der Waals surface area contributed by atoms with E-state index in [4.69, 9.17) is 10.5 Å². The molecule has 2 N–H and O–H groups in total. The number of hydrogen-bond acceptors (Lipinski definition) is 2. The minimum atomic E-state index is -0.297. The van der Waals surface area contributed by atoms with Crippen molar-refractivity contribution >= 4 is 0 Å².